The summed E-state index contributed by atoms with van der Waals surface area (Å²) in [5.74, 6) is 1.05. The third-order valence-corrected chi connectivity index (χ3v) is 5.94. The van der Waals surface area contributed by atoms with Crippen molar-refractivity contribution in [2.24, 2.45) is 11.7 Å². The first-order valence-corrected chi connectivity index (χ1v) is 9.87. The SMILES string of the molecule is COc1cccc(-c2ccc3c(c2)C[C@@H]2OC(=O)[C@H](CCCCC(=N)N)[C@@H]32)c1. The van der Waals surface area contributed by atoms with Crippen LogP contribution < -0.4 is 10.5 Å². The molecule has 2 aromatic carbocycles. The maximum absolute atomic E-state index is 12.4. The minimum absolute atomic E-state index is 0.0409. The Morgan fingerprint density at radius 1 is 1.21 bits per heavy atom. The number of benzene rings is 2. The monoisotopic (exact) mass is 378 g/mol. The van der Waals surface area contributed by atoms with E-state index in [2.05, 4.69) is 24.3 Å². The molecule has 0 unspecified atom stereocenters. The molecule has 2 aromatic rings. The van der Waals surface area contributed by atoms with E-state index in [0.717, 1.165) is 42.6 Å². The van der Waals surface area contributed by atoms with E-state index in [1.54, 1.807) is 7.11 Å². The van der Waals surface area contributed by atoms with Gasteiger partial charge in [0.05, 0.1) is 18.9 Å². The number of amidine groups is 1. The zero-order valence-electron chi connectivity index (χ0n) is 16.1. The van der Waals surface area contributed by atoms with Crippen molar-refractivity contribution >= 4 is 11.8 Å². The van der Waals surface area contributed by atoms with E-state index in [1.165, 1.54) is 11.1 Å². The lowest BCUT2D eigenvalue weighted by Gasteiger charge is -2.16. The lowest BCUT2D eigenvalue weighted by molar-refractivity contribution is -0.144. The predicted octanol–water partition coefficient (Wildman–Crippen LogP) is 4.04. The molecular weight excluding hydrogens is 352 g/mol. The maximum Gasteiger partial charge on any atom is 0.310 e. The average molecular weight is 378 g/mol. The first-order valence-electron chi connectivity index (χ1n) is 9.87. The summed E-state index contributed by atoms with van der Waals surface area (Å²) in [5, 5.41) is 7.33. The van der Waals surface area contributed by atoms with Gasteiger partial charge < -0.3 is 15.2 Å². The minimum Gasteiger partial charge on any atom is -0.497 e. The third-order valence-electron chi connectivity index (χ3n) is 5.94. The van der Waals surface area contributed by atoms with Crippen LogP contribution in [0.3, 0.4) is 0 Å². The van der Waals surface area contributed by atoms with Gasteiger partial charge in [0.1, 0.15) is 11.9 Å². The smallest absolute Gasteiger partial charge is 0.310 e. The van der Waals surface area contributed by atoms with Gasteiger partial charge in [0, 0.05) is 18.8 Å². The highest BCUT2D eigenvalue weighted by atomic mass is 16.6. The topological polar surface area (TPSA) is 85.4 Å². The standard InChI is InChI=1S/C23H26N2O3/c1-27-17-6-4-5-14(12-17)15-9-10-18-16(11-15)13-20-22(18)19(23(26)28-20)7-2-3-8-21(24)25/h4-6,9-12,19-20,22H,2-3,7-8,13H2,1H3,(H3,24,25)/t19-,20+,22-/m1/s1. The lowest BCUT2D eigenvalue weighted by Crippen LogP contribution is -2.15. The van der Waals surface area contributed by atoms with Crippen molar-refractivity contribution < 1.29 is 14.3 Å². The van der Waals surface area contributed by atoms with Crippen molar-refractivity contribution in [2.45, 2.75) is 44.1 Å². The number of nitrogens with one attached hydrogen (secondary N) is 1. The average Bonchev–Trinajstić information content (AvgIpc) is 3.19. The van der Waals surface area contributed by atoms with Gasteiger partial charge in [-0.2, -0.15) is 0 Å². The van der Waals surface area contributed by atoms with E-state index in [1.807, 2.05) is 18.2 Å². The molecular formula is C23H26N2O3. The van der Waals surface area contributed by atoms with Crippen LogP contribution in [0, 0.1) is 11.3 Å². The van der Waals surface area contributed by atoms with Crippen LogP contribution in [0.25, 0.3) is 11.1 Å². The molecule has 4 rings (SSSR count). The second-order valence-electron chi connectivity index (χ2n) is 7.73. The minimum atomic E-state index is -0.0825. The first kappa shape index (κ1) is 18.5. The Bertz CT molecular complexity index is 908. The number of methoxy groups -OCH3 is 1. The molecule has 0 radical (unpaired) electrons. The molecule has 1 heterocycles. The number of unbranched alkanes of at least 4 members (excludes halogenated alkanes) is 1. The molecule has 1 aliphatic carbocycles. The van der Waals surface area contributed by atoms with Gasteiger partial charge in [-0.15, -0.1) is 0 Å². The highest BCUT2D eigenvalue weighted by molar-refractivity contribution is 5.78. The van der Waals surface area contributed by atoms with Crippen molar-refractivity contribution in [1.82, 2.24) is 0 Å². The Balaban J connectivity index is 1.53. The van der Waals surface area contributed by atoms with Gasteiger partial charge in [-0.25, -0.2) is 0 Å². The number of fused-ring (bicyclic) bond motifs is 3. The van der Waals surface area contributed by atoms with Crippen molar-refractivity contribution in [1.29, 1.82) is 5.41 Å². The summed E-state index contributed by atoms with van der Waals surface area (Å²) in [6, 6.07) is 14.6. The Morgan fingerprint density at radius 3 is 2.82 bits per heavy atom. The van der Waals surface area contributed by atoms with Gasteiger partial charge in [-0.1, -0.05) is 36.8 Å². The van der Waals surface area contributed by atoms with Gasteiger partial charge in [0.2, 0.25) is 0 Å². The molecule has 2 aliphatic rings. The number of hydrogen-bond donors (Lipinski definition) is 2. The van der Waals surface area contributed by atoms with E-state index in [4.69, 9.17) is 20.6 Å². The van der Waals surface area contributed by atoms with Crippen LogP contribution in [0.2, 0.25) is 0 Å². The van der Waals surface area contributed by atoms with E-state index >= 15 is 0 Å². The molecule has 0 spiro atoms. The summed E-state index contributed by atoms with van der Waals surface area (Å²) in [5.41, 5.74) is 10.2. The summed E-state index contributed by atoms with van der Waals surface area (Å²) < 4.78 is 11.1. The van der Waals surface area contributed by atoms with Gasteiger partial charge in [-0.05, 0) is 47.2 Å². The Morgan fingerprint density at radius 2 is 2.04 bits per heavy atom. The van der Waals surface area contributed by atoms with Crippen molar-refractivity contribution in [3.63, 3.8) is 0 Å². The second-order valence-corrected chi connectivity index (χ2v) is 7.73. The molecule has 5 heteroatoms. The van der Waals surface area contributed by atoms with Crippen LogP contribution in [0.5, 0.6) is 5.75 Å². The second kappa shape index (κ2) is 7.66. The van der Waals surface area contributed by atoms with Gasteiger partial charge in [0.25, 0.3) is 0 Å². The summed E-state index contributed by atoms with van der Waals surface area (Å²) in [6.07, 6.45) is 3.87. The van der Waals surface area contributed by atoms with E-state index in [-0.39, 0.29) is 29.7 Å². The molecule has 28 heavy (non-hydrogen) atoms. The number of ether oxygens (including phenoxy) is 2. The first-order chi connectivity index (χ1) is 13.6. The summed E-state index contributed by atoms with van der Waals surface area (Å²) >= 11 is 0. The zero-order valence-corrected chi connectivity index (χ0v) is 16.1. The number of hydrogen-bond acceptors (Lipinski definition) is 4. The number of carbonyl (C=O) groups is 1. The molecule has 5 nitrogen and oxygen atoms in total. The molecule has 0 aromatic heterocycles. The highest BCUT2D eigenvalue weighted by Crippen LogP contribution is 2.48. The molecule has 3 atom stereocenters. The molecule has 146 valence electrons. The third kappa shape index (κ3) is 3.49. The van der Waals surface area contributed by atoms with E-state index < -0.39 is 0 Å². The van der Waals surface area contributed by atoms with E-state index in [0.29, 0.717) is 6.42 Å². The summed E-state index contributed by atoms with van der Waals surface area (Å²) in [6.45, 7) is 0. The van der Waals surface area contributed by atoms with Crippen LogP contribution in [0.15, 0.2) is 42.5 Å². The van der Waals surface area contributed by atoms with Crippen molar-refractivity contribution in [3.8, 4) is 16.9 Å². The van der Waals surface area contributed by atoms with Gasteiger partial charge in [-0.3, -0.25) is 10.2 Å². The Labute approximate surface area is 165 Å². The fraction of sp³-hybridized carbons (Fsp3) is 0.391. The molecule has 0 saturated carbocycles. The summed E-state index contributed by atoms with van der Waals surface area (Å²) in [4.78, 5) is 12.4. The molecule has 0 bridgehead atoms. The van der Waals surface area contributed by atoms with E-state index in [9.17, 15) is 4.79 Å². The van der Waals surface area contributed by atoms with Crippen LogP contribution in [-0.4, -0.2) is 25.0 Å². The number of carbonyl (C=O) groups excluding carboxylic acids is 1. The van der Waals surface area contributed by atoms with Crippen LogP contribution in [-0.2, 0) is 16.0 Å². The largest absolute Gasteiger partial charge is 0.497 e. The fourth-order valence-electron chi connectivity index (χ4n) is 4.59. The van der Waals surface area contributed by atoms with Gasteiger partial charge in [0.15, 0.2) is 0 Å². The maximum atomic E-state index is 12.4. The van der Waals surface area contributed by atoms with Crippen molar-refractivity contribution in [2.75, 3.05) is 7.11 Å². The zero-order chi connectivity index (χ0) is 19.7. The molecule has 0 amide bonds. The Hall–Kier alpha value is -2.82. The van der Waals surface area contributed by atoms with Crippen LogP contribution in [0.1, 0.15) is 42.7 Å². The number of esters is 1. The lowest BCUT2D eigenvalue weighted by atomic mass is 9.84. The predicted molar refractivity (Wildman–Crippen MR) is 109 cm³/mol. The molecule has 1 aliphatic heterocycles. The van der Waals surface area contributed by atoms with Crippen LogP contribution >= 0.6 is 0 Å². The number of rotatable bonds is 7. The van der Waals surface area contributed by atoms with Crippen LogP contribution in [0.4, 0.5) is 0 Å². The van der Waals surface area contributed by atoms with Crippen molar-refractivity contribution in [3.05, 3.63) is 53.6 Å². The Kier molecular flexibility index (Phi) is 5.07. The number of nitrogens with two attached hydrogens (primary N) is 1. The molecule has 3 N–H and O–H groups in total. The molecule has 1 fully saturated rings. The molecule has 1 saturated heterocycles. The summed E-state index contributed by atoms with van der Waals surface area (Å²) in [7, 11) is 1.67. The fourth-order valence-corrected chi connectivity index (χ4v) is 4.59. The van der Waals surface area contributed by atoms with Gasteiger partial charge >= 0.3 is 5.97 Å². The highest BCUT2D eigenvalue weighted by Gasteiger charge is 2.49. The quantitative estimate of drug-likeness (QED) is 0.329. The normalized spacial score (nSPS) is 22.5.